The molecule has 21 heavy (non-hydrogen) atoms. The number of benzene rings is 1. The second-order valence-electron chi connectivity index (χ2n) is 5.14. The van der Waals surface area contributed by atoms with Gasteiger partial charge in [-0.15, -0.1) is 0 Å². The summed E-state index contributed by atoms with van der Waals surface area (Å²) >= 11 is 0. The van der Waals surface area contributed by atoms with Crippen molar-refractivity contribution in [1.29, 1.82) is 0 Å². The van der Waals surface area contributed by atoms with Crippen molar-refractivity contribution < 1.29 is 13.2 Å². The Morgan fingerprint density at radius 2 is 2.00 bits per heavy atom. The van der Waals surface area contributed by atoms with Gasteiger partial charge in [0.05, 0.1) is 17.3 Å². The molecule has 0 spiro atoms. The largest absolute Gasteiger partial charge is 0.389 e. The van der Waals surface area contributed by atoms with Crippen molar-refractivity contribution in [3.63, 3.8) is 0 Å². The average molecular weight is 299 g/mol. The zero-order valence-electron chi connectivity index (χ0n) is 12.2. The molecule has 116 valence electrons. The summed E-state index contributed by atoms with van der Waals surface area (Å²) in [6.07, 6.45) is -4.32. The summed E-state index contributed by atoms with van der Waals surface area (Å²) in [7, 11) is 1.85. The zero-order valence-corrected chi connectivity index (χ0v) is 12.2. The van der Waals surface area contributed by atoms with E-state index in [1.54, 1.807) is 4.68 Å². The number of aryl methyl sites for hydroxylation is 1. The molecule has 0 amide bonds. The van der Waals surface area contributed by atoms with Crippen LogP contribution < -0.4 is 5.32 Å². The fourth-order valence-corrected chi connectivity index (χ4v) is 2.59. The highest BCUT2D eigenvalue weighted by molar-refractivity contribution is 5.82. The molecule has 2 rings (SSSR count). The normalized spacial score (nSPS) is 13.8. The number of halogens is 3. The summed E-state index contributed by atoms with van der Waals surface area (Å²) in [6, 6.07) is 7.63. The Balaban J connectivity index is 2.20. The van der Waals surface area contributed by atoms with Gasteiger partial charge in [-0.05, 0) is 25.5 Å². The number of para-hydroxylation sites is 1. The van der Waals surface area contributed by atoms with E-state index < -0.39 is 12.6 Å². The quantitative estimate of drug-likeness (QED) is 0.875. The van der Waals surface area contributed by atoms with Gasteiger partial charge in [-0.25, -0.2) is 0 Å². The zero-order chi connectivity index (χ0) is 15.5. The van der Waals surface area contributed by atoms with Crippen LogP contribution in [-0.4, -0.2) is 22.5 Å². The third-order valence-electron chi connectivity index (χ3n) is 3.52. The van der Waals surface area contributed by atoms with E-state index in [9.17, 15) is 13.2 Å². The van der Waals surface area contributed by atoms with Crippen LogP contribution in [0.15, 0.2) is 24.3 Å². The van der Waals surface area contributed by atoms with Gasteiger partial charge >= 0.3 is 6.18 Å². The van der Waals surface area contributed by atoms with E-state index in [1.165, 1.54) is 0 Å². The highest BCUT2D eigenvalue weighted by Gasteiger charge is 2.27. The summed E-state index contributed by atoms with van der Waals surface area (Å²) in [4.78, 5) is 0. The summed E-state index contributed by atoms with van der Waals surface area (Å²) < 4.78 is 38.7. The molecule has 1 heterocycles. The fraction of sp³-hybridized carbons (Fsp3) is 0.533. The number of aromatic nitrogens is 2. The van der Waals surface area contributed by atoms with Crippen molar-refractivity contribution in [1.82, 2.24) is 15.1 Å². The highest BCUT2D eigenvalue weighted by Crippen LogP contribution is 2.29. The van der Waals surface area contributed by atoms with E-state index in [4.69, 9.17) is 0 Å². The third kappa shape index (κ3) is 3.97. The molecule has 1 N–H and O–H groups in total. The lowest BCUT2D eigenvalue weighted by Crippen LogP contribution is -2.22. The topological polar surface area (TPSA) is 29.9 Å². The third-order valence-corrected chi connectivity index (χ3v) is 3.52. The standard InChI is InChI=1S/C15H20F3N3/c1-3-19-12(8-6-10-15(16,17)18)14-11-7-4-5-9-13(11)21(2)20-14/h4-5,7,9,12,19H,3,6,8,10H2,1-2H3. The minimum absolute atomic E-state index is 0.103. The van der Waals surface area contributed by atoms with Gasteiger partial charge in [-0.3, -0.25) is 4.68 Å². The van der Waals surface area contributed by atoms with Crippen molar-refractivity contribution in [2.75, 3.05) is 6.54 Å². The molecule has 6 heteroatoms. The maximum absolute atomic E-state index is 12.3. The molecule has 0 aliphatic carbocycles. The molecule has 0 aliphatic heterocycles. The highest BCUT2D eigenvalue weighted by atomic mass is 19.4. The molecule has 1 unspecified atom stereocenters. The Morgan fingerprint density at radius 3 is 2.67 bits per heavy atom. The molecular formula is C15H20F3N3. The average Bonchev–Trinajstić information content (AvgIpc) is 2.75. The maximum atomic E-state index is 12.3. The van der Waals surface area contributed by atoms with E-state index in [2.05, 4.69) is 10.4 Å². The van der Waals surface area contributed by atoms with Gasteiger partial charge in [-0.1, -0.05) is 25.1 Å². The molecule has 1 atom stereocenters. The van der Waals surface area contributed by atoms with E-state index >= 15 is 0 Å². The monoisotopic (exact) mass is 299 g/mol. The molecule has 0 saturated carbocycles. The Hall–Kier alpha value is -1.56. The Kier molecular flexibility index (Phi) is 4.88. The van der Waals surface area contributed by atoms with Crippen LogP contribution in [0.3, 0.4) is 0 Å². The molecule has 2 aromatic rings. The number of nitrogens with one attached hydrogen (secondary N) is 1. The van der Waals surface area contributed by atoms with Crippen LogP contribution in [0.1, 0.15) is 37.9 Å². The van der Waals surface area contributed by atoms with Gasteiger partial charge in [0.2, 0.25) is 0 Å². The molecular weight excluding hydrogens is 279 g/mol. The van der Waals surface area contributed by atoms with Gasteiger partial charge in [0.15, 0.2) is 0 Å². The van der Waals surface area contributed by atoms with Gasteiger partial charge < -0.3 is 5.32 Å². The maximum Gasteiger partial charge on any atom is 0.389 e. The Morgan fingerprint density at radius 1 is 1.29 bits per heavy atom. The van der Waals surface area contributed by atoms with Crippen molar-refractivity contribution in [2.24, 2.45) is 7.05 Å². The second kappa shape index (κ2) is 6.47. The van der Waals surface area contributed by atoms with Crippen LogP contribution >= 0.6 is 0 Å². The van der Waals surface area contributed by atoms with Crippen LogP contribution in [0.2, 0.25) is 0 Å². The number of fused-ring (bicyclic) bond motifs is 1. The van der Waals surface area contributed by atoms with Gasteiger partial charge in [-0.2, -0.15) is 18.3 Å². The summed E-state index contributed by atoms with van der Waals surface area (Å²) in [5.74, 6) is 0. The second-order valence-corrected chi connectivity index (χ2v) is 5.14. The van der Waals surface area contributed by atoms with Gasteiger partial charge in [0, 0.05) is 18.9 Å². The Bertz CT molecular complexity index is 589. The predicted octanol–water partition coefficient (Wildman–Crippen LogP) is 3.96. The minimum Gasteiger partial charge on any atom is -0.309 e. The molecule has 0 aliphatic rings. The molecule has 0 bridgehead atoms. The lowest BCUT2D eigenvalue weighted by atomic mass is 10.0. The SMILES string of the molecule is CCNC(CCCC(F)(F)F)c1nn(C)c2ccccc12. The molecule has 0 radical (unpaired) electrons. The van der Waals surface area contributed by atoms with Crippen molar-refractivity contribution in [2.45, 2.75) is 38.4 Å². The molecule has 0 saturated heterocycles. The molecule has 1 aromatic carbocycles. The van der Waals surface area contributed by atoms with E-state index in [-0.39, 0.29) is 12.5 Å². The smallest absolute Gasteiger partial charge is 0.309 e. The number of alkyl halides is 3. The van der Waals surface area contributed by atoms with Crippen LogP contribution in [-0.2, 0) is 7.05 Å². The summed E-state index contributed by atoms with van der Waals surface area (Å²) in [5.41, 5.74) is 1.82. The van der Waals surface area contributed by atoms with Crippen molar-refractivity contribution >= 4 is 10.9 Å². The summed E-state index contributed by atoms with van der Waals surface area (Å²) in [6.45, 7) is 2.64. The number of hydrogen-bond acceptors (Lipinski definition) is 2. The van der Waals surface area contributed by atoms with Crippen LogP contribution in [0.5, 0.6) is 0 Å². The van der Waals surface area contributed by atoms with Gasteiger partial charge in [0.25, 0.3) is 0 Å². The van der Waals surface area contributed by atoms with Crippen LogP contribution in [0.4, 0.5) is 13.2 Å². The minimum atomic E-state index is -4.09. The lowest BCUT2D eigenvalue weighted by Gasteiger charge is -2.16. The Labute approximate surface area is 122 Å². The van der Waals surface area contributed by atoms with Gasteiger partial charge in [0.1, 0.15) is 0 Å². The first-order valence-corrected chi connectivity index (χ1v) is 7.14. The van der Waals surface area contributed by atoms with Crippen LogP contribution in [0, 0.1) is 0 Å². The number of hydrogen-bond donors (Lipinski definition) is 1. The van der Waals surface area contributed by atoms with E-state index in [0.717, 1.165) is 16.6 Å². The first kappa shape index (κ1) is 15.8. The fourth-order valence-electron chi connectivity index (χ4n) is 2.59. The van der Waals surface area contributed by atoms with Crippen molar-refractivity contribution in [3.05, 3.63) is 30.0 Å². The molecule has 0 fully saturated rings. The predicted molar refractivity (Wildman–Crippen MR) is 77.0 cm³/mol. The first-order valence-electron chi connectivity index (χ1n) is 7.14. The lowest BCUT2D eigenvalue weighted by molar-refractivity contribution is -0.135. The molecule has 3 nitrogen and oxygen atoms in total. The van der Waals surface area contributed by atoms with Crippen LogP contribution in [0.25, 0.3) is 10.9 Å². The number of rotatable bonds is 6. The summed E-state index contributed by atoms with van der Waals surface area (Å²) in [5, 5.41) is 8.74. The van der Waals surface area contributed by atoms with E-state index in [1.807, 2.05) is 38.2 Å². The number of nitrogens with zero attached hydrogens (tertiary/aromatic N) is 2. The van der Waals surface area contributed by atoms with Crippen molar-refractivity contribution in [3.8, 4) is 0 Å². The molecule has 1 aromatic heterocycles. The van der Waals surface area contributed by atoms with E-state index in [0.29, 0.717) is 13.0 Å². The first-order chi connectivity index (χ1) is 9.92.